The Morgan fingerprint density at radius 3 is 2.50 bits per heavy atom. The topological polar surface area (TPSA) is 68.9 Å². The van der Waals surface area contributed by atoms with E-state index in [4.69, 9.17) is 11.6 Å². The van der Waals surface area contributed by atoms with Crippen LogP contribution in [0.25, 0.3) is 0 Å². The largest absolute Gasteiger partial charge is 0.353 e. The number of nitrogens with zero attached hydrogens (tertiary/aromatic N) is 6. The molecule has 22 heavy (non-hydrogen) atoms. The molecule has 0 spiro atoms. The number of hydrogen-bond donors (Lipinski definition) is 0. The van der Waals surface area contributed by atoms with Crippen molar-refractivity contribution in [3.63, 3.8) is 0 Å². The Balaban J connectivity index is 1.72. The summed E-state index contributed by atoms with van der Waals surface area (Å²) in [6.07, 6.45) is 1.79. The van der Waals surface area contributed by atoms with Gasteiger partial charge in [-0.05, 0) is 34.1 Å². The highest BCUT2D eigenvalue weighted by Crippen LogP contribution is 2.22. The molecule has 0 aromatic carbocycles. The average molecular weight is 380 g/mol. The number of rotatable bonds is 2. The zero-order valence-electron chi connectivity index (χ0n) is 11.6. The fourth-order valence-corrected chi connectivity index (χ4v) is 2.76. The van der Waals surface area contributed by atoms with Gasteiger partial charge in [0.05, 0.1) is 5.56 Å². The minimum Gasteiger partial charge on any atom is -0.353 e. The van der Waals surface area contributed by atoms with Crippen molar-refractivity contribution in [2.24, 2.45) is 0 Å². The molecule has 0 unspecified atom stereocenters. The van der Waals surface area contributed by atoms with Crippen LogP contribution in [0.15, 0.2) is 28.9 Å². The van der Waals surface area contributed by atoms with E-state index in [1.165, 1.54) is 0 Å². The Bertz CT molecular complexity index is 706. The number of piperazine rings is 1. The van der Waals surface area contributed by atoms with Gasteiger partial charge in [-0.25, -0.2) is 4.98 Å². The van der Waals surface area contributed by atoms with Crippen LogP contribution in [-0.2, 0) is 0 Å². The van der Waals surface area contributed by atoms with Gasteiger partial charge in [0.25, 0.3) is 0 Å². The lowest BCUT2D eigenvalue weighted by Crippen LogP contribution is -2.47. The van der Waals surface area contributed by atoms with E-state index in [0.717, 1.165) is 36.5 Å². The van der Waals surface area contributed by atoms with Gasteiger partial charge in [0.1, 0.15) is 11.9 Å². The molecule has 8 heteroatoms. The van der Waals surface area contributed by atoms with Crippen molar-refractivity contribution in [3.05, 3.63) is 39.6 Å². The molecule has 0 aliphatic carbocycles. The van der Waals surface area contributed by atoms with Crippen LogP contribution in [0.1, 0.15) is 5.56 Å². The zero-order chi connectivity index (χ0) is 15.5. The average Bonchev–Trinajstić information content (AvgIpc) is 2.56. The van der Waals surface area contributed by atoms with Gasteiger partial charge in [-0.3, -0.25) is 0 Å². The fourth-order valence-electron chi connectivity index (χ4n) is 2.38. The number of nitriles is 1. The van der Waals surface area contributed by atoms with Crippen LogP contribution in [0, 0.1) is 11.3 Å². The van der Waals surface area contributed by atoms with Crippen molar-refractivity contribution in [3.8, 4) is 6.07 Å². The zero-order valence-corrected chi connectivity index (χ0v) is 13.9. The van der Waals surface area contributed by atoms with Crippen molar-refractivity contribution < 1.29 is 0 Å². The quantitative estimate of drug-likeness (QED) is 0.798. The minimum atomic E-state index is 0.234. The number of anilines is 2. The van der Waals surface area contributed by atoms with E-state index >= 15 is 0 Å². The molecule has 1 saturated heterocycles. The molecule has 3 heterocycles. The summed E-state index contributed by atoms with van der Waals surface area (Å²) >= 11 is 9.17. The molecule has 0 radical (unpaired) electrons. The Hall–Kier alpha value is -1.91. The third-order valence-corrected chi connectivity index (χ3v) is 4.13. The number of aromatic nitrogens is 3. The molecule has 1 aliphatic rings. The number of pyridine rings is 1. The molecule has 6 nitrogen and oxygen atoms in total. The first-order valence-electron chi connectivity index (χ1n) is 6.72. The summed E-state index contributed by atoms with van der Waals surface area (Å²) in [6, 6.07) is 7.64. The summed E-state index contributed by atoms with van der Waals surface area (Å²) in [6.45, 7) is 3.12. The van der Waals surface area contributed by atoms with Gasteiger partial charge in [-0.2, -0.15) is 5.26 Å². The predicted molar refractivity (Wildman–Crippen MR) is 88.1 cm³/mol. The molecule has 1 fully saturated rings. The summed E-state index contributed by atoms with van der Waals surface area (Å²) < 4.78 is 0.963. The van der Waals surface area contributed by atoms with Crippen molar-refractivity contribution >= 4 is 39.2 Å². The third kappa shape index (κ3) is 3.13. The van der Waals surface area contributed by atoms with Crippen LogP contribution < -0.4 is 9.80 Å². The minimum absolute atomic E-state index is 0.234. The highest BCUT2D eigenvalue weighted by atomic mass is 79.9. The van der Waals surface area contributed by atoms with Crippen LogP contribution in [0.4, 0.5) is 11.6 Å². The van der Waals surface area contributed by atoms with Gasteiger partial charge >= 0.3 is 0 Å². The highest BCUT2D eigenvalue weighted by Gasteiger charge is 2.21. The molecule has 2 aromatic rings. The summed E-state index contributed by atoms with van der Waals surface area (Å²) in [5.41, 5.74) is 0.454. The molecule has 112 valence electrons. The molecule has 0 saturated carbocycles. The lowest BCUT2D eigenvalue weighted by Gasteiger charge is -2.36. The second-order valence-electron chi connectivity index (χ2n) is 4.82. The van der Waals surface area contributed by atoms with Crippen LogP contribution >= 0.6 is 27.5 Å². The molecule has 0 atom stereocenters. The second kappa shape index (κ2) is 6.46. The van der Waals surface area contributed by atoms with Crippen molar-refractivity contribution in [1.29, 1.82) is 5.26 Å². The highest BCUT2D eigenvalue weighted by molar-refractivity contribution is 9.10. The molecule has 0 N–H and O–H groups in total. The van der Waals surface area contributed by atoms with Crippen LogP contribution in [0.3, 0.4) is 0 Å². The summed E-state index contributed by atoms with van der Waals surface area (Å²) in [5, 5.41) is 17.3. The van der Waals surface area contributed by atoms with E-state index < -0.39 is 0 Å². The molecule has 0 bridgehead atoms. The maximum Gasteiger partial charge on any atom is 0.169 e. The van der Waals surface area contributed by atoms with Crippen LogP contribution in [0.2, 0.25) is 5.15 Å². The Morgan fingerprint density at radius 2 is 1.86 bits per heavy atom. The predicted octanol–water partition coefficient (Wildman–Crippen LogP) is 2.49. The molecular weight excluding hydrogens is 368 g/mol. The molecule has 2 aromatic heterocycles. The van der Waals surface area contributed by atoms with Crippen molar-refractivity contribution in [1.82, 2.24) is 15.2 Å². The van der Waals surface area contributed by atoms with Crippen molar-refractivity contribution in [2.75, 3.05) is 36.0 Å². The molecule has 0 amide bonds. The Morgan fingerprint density at radius 1 is 1.14 bits per heavy atom. The van der Waals surface area contributed by atoms with Gasteiger partial charge in [0.15, 0.2) is 11.0 Å². The van der Waals surface area contributed by atoms with Crippen molar-refractivity contribution in [2.45, 2.75) is 0 Å². The maximum absolute atomic E-state index is 9.20. The van der Waals surface area contributed by atoms with Gasteiger partial charge in [-0.15, -0.1) is 10.2 Å². The Labute approximate surface area is 141 Å². The molecule has 3 rings (SSSR count). The molecular formula is C14H12BrClN6. The standard InChI is InChI=1S/C14H12BrClN6/c15-11-1-2-13(18-9-11)21-3-5-22(6-4-21)14-10(8-17)7-12(16)19-20-14/h1-2,7,9H,3-6H2. The lowest BCUT2D eigenvalue weighted by atomic mass is 10.2. The smallest absolute Gasteiger partial charge is 0.169 e. The van der Waals surface area contributed by atoms with Crippen LogP contribution in [-0.4, -0.2) is 41.4 Å². The van der Waals surface area contributed by atoms with E-state index in [9.17, 15) is 5.26 Å². The second-order valence-corrected chi connectivity index (χ2v) is 6.13. The lowest BCUT2D eigenvalue weighted by molar-refractivity contribution is 0.637. The third-order valence-electron chi connectivity index (χ3n) is 3.48. The summed E-state index contributed by atoms with van der Waals surface area (Å²) in [7, 11) is 0. The van der Waals surface area contributed by atoms with Gasteiger partial charge < -0.3 is 9.80 Å². The number of hydrogen-bond acceptors (Lipinski definition) is 6. The SMILES string of the molecule is N#Cc1cc(Cl)nnc1N1CCN(c2ccc(Br)cn2)CC1. The fraction of sp³-hybridized carbons (Fsp3) is 0.286. The normalized spacial score (nSPS) is 14.8. The van der Waals surface area contributed by atoms with E-state index in [2.05, 4.69) is 47.0 Å². The first kappa shape index (κ1) is 15.0. The summed E-state index contributed by atoms with van der Waals surface area (Å²) in [4.78, 5) is 8.67. The van der Waals surface area contributed by atoms with E-state index in [0.29, 0.717) is 11.4 Å². The van der Waals surface area contributed by atoms with E-state index in [1.807, 2.05) is 12.1 Å². The Kier molecular flexibility index (Phi) is 4.41. The van der Waals surface area contributed by atoms with Crippen LogP contribution in [0.5, 0.6) is 0 Å². The molecule has 1 aliphatic heterocycles. The first-order chi connectivity index (χ1) is 10.7. The van der Waals surface area contributed by atoms with E-state index in [-0.39, 0.29) is 5.15 Å². The van der Waals surface area contributed by atoms with E-state index in [1.54, 1.807) is 12.3 Å². The van der Waals surface area contributed by atoms with Gasteiger partial charge in [-0.1, -0.05) is 11.6 Å². The first-order valence-corrected chi connectivity index (χ1v) is 7.89. The monoisotopic (exact) mass is 378 g/mol. The number of halogens is 2. The maximum atomic E-state index is 9.20. The summed E-state index contributed by atoms with van der Waals surface area (Å²) in [5.74, 6) is 1.54. The van der Waals surface area contributed by atoms with Gasteiger partial charge in [0.2, 0.25) is 0 Å². The van der Waals surface area contributed by atoms with Gasteiger partial charge in [0, 0.05) is 36.8 Å².